The third-order valence-corrected chi connectivity index (χ3v) is 3.34. The van der Waals surface area contributed by atoms with Gasteiger partial charge in [0.05, 0.1) is 5.60 Å². The van der Waals surface area contributed by atoms with Gasteiger partial charge in [-0.2, -0.15) is 0 Å². The smallest absolute Gasteiger partial charge is 0.0820 e. The minimum atomic E-state index is -0.0752. The Kier molecular flexibility index (Phi) is 5.29. The summed E-state index contributed by atoms with van der Waals surface area (Å²) in [5.74, 6) is 5.62. The number of hydrazine groups is 1. The minimum Gasteiger partial charge on any atom is -0.374 e. The monoisotopic (exact) mass is 212 g/mol. The van der Waals surface area contributed by atoms with Crippen molar-refractivity contribution in [2.24, 2.45) is 5.84 Å². The number of unbranched alkanes of at least 4 members (excludes halogenated alkanes) is 1. The van der Waals surface area contributed by atoms with Crippen molar-refractivity contribution in [1.82, 2.24) is 5.43 Å². The number of hydrogen-bond acceptors (Lipinski definition) is 3. The molecule has 0 radical (unpaired) electrons. The maximum atomic E-state index is 5.88. The number of rotatable bonds is 6. The summed E-state index contributed by atoms with van der Waals surface area (Å²) in [5.41, 5.74) is 2.84. The molecule has 0 saturated carbocycles. The summed E-state index contributed by atoms with van der Waals surface area (Å²) in [6.45, 7) is 6.77. The molecule has 1 saturated heterocycles. The van der Waals surface area contributed by atoms with Gasteiger partial charge in [-0.05, 0) is 45.4 Å². The summed E-state index contributed by atoms with van der Waals surface area (Å²) in [6.07, 6.45) is 8.72. The largest absolute Gasteiger partial charge is 0.374 e. The first-order valence-electron chi connectivity index (χ1n) is 5.94. The van der Waals surface area contributed by atoms with Gasteiger partial charge in [0.25, 0.3) is 0 Å². The first-order chi connectivity index (χ1) is 7.23. The van der Waals surface area contributed by atoms with Crippen LogP contribution in [0.5, 0.6) is 0 Å². The first kappa shape index (κ1) is 12.7. The Labute approximate surface area is 93.0 Å². The molecule has 3 nitrogen and oxygen atoms in total. The van der Waals surface area contributed by atoms with Crippen LogP contribution in [-0.4, -0.2) is 18.2 Å². The highest BCUT2D eigenvalue weighted by Gasteiger charge is 2.35. The third kappa shape index (κ3) is 3.59. The van der Waals surface area contributed by atoms with E-state index in [1.165, 1.54) is 12.8 Å². The fourth-order valence-electron chi connectivity index (χ4n) is 2.26. The second kappa shape index (κ2) is 6.26. The number of allylic oxidation sites excluding steroid dienone is 1. The van der Waals surface area contributed by atoms with Crippen molar-refractivity contribution < 1.29 is 4.74 Å². The van der Waals surface area contributed by atoms with Gasteiger partial charge in [0, 0.05) is 12.6 Å². The van der Waals surface area contributed by atoms with Gasteiger partial charge in [0.2, 0.25) is 0 Å². The molecule has 0 spiro atoms. The number of ether oxygens (including phenoxy) is 1. The van der Waals surface area contributed by atoms with Crippen molar-refractivity contribution >= 4 is 0 Å². The third-order valence-electron chi connectivity index (χ3n) is 3.34. The molecule has 15 heavy (non-hydrogen) atoms. The zero-order chi connectivity index (χ0) is 11.1. The van der Waals surface area contributed by atoms with Crippen molar-refractivity contribution in [3.05, 3.63) is 12.7 Å². The van der Waals surface area contributed by atoms with Crippen LogP contribution in [0.4, 0.5) is 0 Å². The quantitative estimate of drug-likeness (QED) is 0.307. The number of nitrogens with two attached hydrogens (primary N) is 1. The Hall–Kier alpha value is -0.380. The second-order valence-electron chi connectivity index (χ2n) is 4.56. The predicted octanol–water partition coefficient (Wildman–Crippen LogP) is 2.13. The predicted molar refractivity (Wildman–Crippen MR) is 63.4 cm³/mol. The van der Waals surface area contributed by atoms with Crippen LogP contribution >= 0.6 is 0 Å². The van der Waals surface area contributed by atoms with Crippen molar-refractivity contribution in [3.63, 3.8) is 0 Å². The Morgan fingerprint density at radius 1 is 1.60 bits per heavy atom. The van der Waals surface area contributed by atoms with Gasteiger partial charge in [-0.25, -0.2) is 0 Å². The fraction of sp³-hybridized carbons (Fsp3) is 0.833. The van der Waals surface area contributed by atoms with Gasteiger partial charge in [0.15, 0.2) is 0 Å². The standard InChI is InChI=1S/C12H24N2O/c1-3-4-5-8-11(14-13)12(2)9-6-7-10-15-12/h3,11,14H,1,4-10,13H2,2H3. The summed E-state index contributed by atoms with van der Waals surface area (Å²) in [5, 5.41) is 0. The van der Waals surface area contributed by atoms with Gasteiger partial charge in [0.1, 0.15) is 0 Å². The van der Waals surface area contributed by atoms with Crippen molar-refractivity contribution in [3.8, 4) is 0 Å². The molecular weight excluding hydrogens is 188 g/mol. The highest BCUT2D eigenvalue weighted by Crippen LogP contribution is 2.29. The Morgan fingerprint density at radius 2 is 2.40 bits per heavy atom. The van der Waals surface area contributed by atoms with E-state index in [9.17, 15) is 0 Å². The molecular formula is C12H24N2O. The molecule has 0 amide bonds. The van der Waals surface area contributed by atoms with Crippen LogP contribution in [0, 0.1) is 0 Å². The molecule has 0 bridgehead atoms. The van der Waals surface area contributed by atoms with Gasteiger partial charge < -0.3 is 4.74 Å². The Morgan fingerprint density at radius 3 is 2.93 bits per heavy atom. The highest BCUT2D eigenvalue weighted by atomic mass is 16.5. The molecule has 1 heterocycles. The maximum Gasteiger partial charge on any atom is 0.0820 e. The van der Waals surface area contributed by atoms with Crippen LogP contribution in [0.1, 0.15) is 45.4 Å². The molecule has 1 fully saturated rings. The Balaban J connectivity index is 2.43. The van der Waals surface area contributed by atoms with E-state index in [1.54, 1.807) is 0 Å². The van der Waals surface area contributed by atoms with Crippen molar-refractivity contribution in [1.29, 1.82) is 0 Å². The zero-order valence-electron chi connectivity index (χ0n) is 9.80. The number of nitrogens with one attached hydrogen (secondary N) is 1. The van der Waals surface area contributed by atoms with Crippen molar-refractivity contribution in [2.45, 2.75) is 57.1 Å². The van der Waals surface area contributed by atoms with Gasteiger partial charge in [-0.15, -0.1) is 6.58 Å². The van der Waals surface area contributed by atoms with E-state index in [-0.39, 0.29) is 11.6 Å². The first-order valence-corrected chi connectivity index (χ1v) is 5.94. The van der Waals surface area contributed by atoms with Crippen LogP contribution < -0.4 is 11.3 Å². The van der Waals surface area contributed by atoms with Gasteiger partial charge >= 0.3 is 0 Å². The van der Waals surface area contributed by atoms with Gasteiger partial charge in [-0.3, -0.25) is 11.3 Å². The average molecular weight is 212 g/mol. The maximum absolute atomic E-state index is 5.88. The van der Waals surface area contributed by atoms with E-state index in [2.05, 4.69) is 18.9 Å². The zero-order valence-corrected chi connectivity index (χ0v) is 9.80. The lowest BCUT2D eigenvalue weighted by atomic mass is 9.86. The summed E-state index contributed by atoms with van der Waals surface area (Å²) in [4.78, 5) is 0. The molecule has 0 aromatic heterocycles. The molecule has 0 aliphatic carbocycles. The molecule has 3 heteroatoms. The van der Waals surface area contributed by atoms with E-state index >= 15 is 0 Å². The molecule has 1 aliphatic heterocycles. The lowest BCUT2D eigenvalue weighted by Gasteiger charge is -2.40. The van der Waals surface area contributed by atoms with E-state index in [0.29, 0.717) is 0 Å². The molecule has 3 N–H and O–H groups in total. The second-order valence-corrected chi connectivity index (χ2v) is 4.56. The average Bonchev–Trinajstić information content (AvgIpc) is 2.25. The molecule has 88 valence electrons. The SMILES string of the molecule is C=CCCCC(NN)C1(C)CCCCO1. The summed E-state index contributed by atoms with van der Waals surface area (Å²) < 4.78 is 5.88. The molecule has 1 rings (SSSR count). The number of hydrogen-bond donors (Lipinski definition) is 2. The van der Waals surface area contributed by atoms with E-state index in [1.807, 2.05) is 6.08 Å². The molecule has 1 aliphatic rings. The van der Waals surface area contributed by atoms with Crippen LogP contribution in [0.15, 0.2) is 12.7 Å². The summed E-state index contributed by atoms with van der Waals surface area (Å²) in [7, 11) is 0. The summed E-state index contributed by atoms with van der Waals surface area (Å²) >= 11 is 0. The lowest BCUT2D eigenvalue weighted by molar-refractivity contribution is -0.0903. The Bertz CT molecular complexity index is 188. The van der Waals surface area contributed by atoms with E-state index in [4.69, 9.17) is 10.6 Å². The molecule has 2 atom stereocenters. The highest BCUT2D eigenvalue weighted by molar-refractivity contribution is 4.90. The minimum absolute atomic E-state index is 0.0752. The van der Waals surface area contributed by atoms with E-state index < -0.39 is 0 Å². The normalized spacial score (nSPS) is 28.7. The summed E-state index contributed by atoms with van der Waals surface area (Å²) in [6, 6.07) is 0.262. The van der Waals surface area contributed by atoms with Crippen molar-refractivity contribution in [2.75, 3.05) is 6.61 Å². The van der Waals surface area contributed by atoms with Gasteiger partial charge in [-0.1, -0.05) is 6.08 Å². The molecule has 2 unspecified atom stereocenters. The van der Waals surface area contributed by atoms with Crippen LogP contribution in [0.25, 0.3) is 0 Å². The van der Waals surface area contributed by atoms with Crippen LogP contribution in [-0.2, 0) is 4.74 Å². The topological polar surface area (TPSA) is 47.3 Å². The van der Waals surface area contributed by atoms with E-state index in [0.717, 1.165) is 32.3 Å². The molecule has 0 aromatic carbocycles. The molecule has 0 aromatic rings. The van der Waals surface area contributed by atoms with Crippen LogP contribution in [0.2, 0.25) is 0 Å². The van der Waals surface area contributed by atoms with Crippen LogP contribution in [0.3, 0.4) is 0 Å². The fourth-order valence-corrected chi connectivity index (χ4v) is 2.26. The lowest BCUT2D eigenvalue weighted by Crippen LogP contribution is -2.54.